The lowest BCUT2D eigenvalue weighted by Crippen LogP contribution is -2.27. The van der Waals surface area contributed by atoms with Crippen molar-refractivity contribution in [3.8, 4) is 0 Å². The Morgan fingerprint density at radius 1 is 1.35 bits per heavy atom. The number of aromatic nitrogens is 2. The first-order chi connectivity index (χ1) is 8.31. The predicted octanol–water partition coefficient (Wildman–Crippen LogP) is 2.09. The van der Waals surface area contributed by atoms with E-state index in [0.717, 1.165) is 24.7 Å². The standard InChI is InChI=1S/C13H12N2O2/c16-8-9-4-3-7-15-12(9)14-11-6-2-1-5-10(11)13(15)17/h1-2,5-6,8,16H,3-4,7H2/b9-8+. The maximum atomic E-state index is 12.2. The van der Waals surface area contributed by atoms with Gasteiger partial charge in [-0.2, -0.15) is 0 Å². The van der Waals surface area contributed by atoms with Crippen LogP contribution in [0.15, 0.2) is 35.3 Å². The highest BCUT2D eigenvalue weighted by Crippen LogP contribution is 2.23. The van der Waals surface area contributed by atoms with Gasteiger partial charge in [-0.1, -0.05) is 12.1 Å². The number of hydrogen-bond donors (Lipinski definition) is 1. The molecule has 1 N–H and O–H groups in total. The second kappa shape index (κ2) is 3.73. The molecule has 2 heterocycles. The Kier molecular flexibility index (Phi) is 2.21. The van der Waals surface area contributed by atoms with E-state index in [4.69, 9.17) is 0 Å². The summed E-state index contributed by atoms with van der Waals surface area (Å²) in [5, 5.41) is 9.82. The molecule has 0 unspecified atom stereocenters. The summed E-state index contributed by atoms with van der Waals surface area (Å²) >= 11 is 0. The molecule has 1 aromatic heterocycles. The minimum atomic E-state index is -0.0235. The number of hydrogen-bond acceptors (Lipinski definition) is 3. The van der Waals surface area contributed by atoms with Crippen LogP contribution in [0, 0.1) is 0 Å². The zero-order valence-corrected chi connectivity index (χ0v) is 9.26. The summed E-state index contributed by atoms with van der Waals surface area (Å²) in [4.78, 5) is 16.7. The molecule has 1 aromatic carbocycles. The Hall–Kier alpha value is -2.10. The first-order valence-corrected chi connectivity index (χ1v) is 5.64. The molecule has 0 amide bonds. The van der Waals surface area contributed by atoms with E-state index in [-0.39, 0.29) is 5.56 Å². The Bertz CT molecular complexity index is 671. The summed E-state index contributed by atoms with van der Waals surface area (Å²) in [6.45, 7) is 0.670. The fraction of sp³-hybridized carbons (Fsp3) is 0.231. The third-order valence-corrected chi connectivity index (χ3v) is 3.13. The minimum Gasteiger partial charge on any atom is -0.515 e. The van der Waals surface area contributed by atoms with Crippen molar-refractivity contribution in [1.29, 1.82) is 0 Å². The number of fused-ring (bicyclic) bond motifs is 2. The molecule has 4 nitrogen and oxygen atoms in total. The van der Waals surface area contributed by atoms with Crippen molar-refractivity contribution in [2.75, 3.05) is 0 Å². The predicted molar refractivity (Wildman–Crippen MR) is 65.8 cm³/mol. The van der Waals surface area contributed by atoms with Gasteiger partial charge in [0.05, 0.1) is 17.2 Å². The zero-order valence-electron chi connectivity index (χ0n) is 9.26. The molecule has 4 heteroatoms. The van der Waals surface area contributed by atoms with Crippen molar-refractivity contribution >= 4 is 16.5 Å². The van der Waals surface area contributed by atoms with E-state index in [1.807, 2.05) is 18.2 Å². The molecule has 0 atom stereocenters. The highest BCUT2D eigenvalue weighted by molar-refractivity contribution is 5.79. The second-order valence-electron chi connectivity index (χ2n) is 4.17. The monoisotopic (exact) mass is 228 g/mol. The molecule has 0 aliphatic carbocycles. The van der Waals surface area contributed by atoms with Crippen LogP contribution in [0.5, 0.6) is 0 Å². The Morgan fingerprint density at radius 2 is 2.18 bits per heavy atom. The van der Waals surface area contributed by atoms with Gasteiger partial charge in [0.2, 0.25) is 0 Å². The number of allylic oxidation sites excluding steroid dienone is 1. The summed E-state index contributed by atoms with van der Waals surface area (Å²) in [7, 11) is 0. The molecule has 17 heavy (non-hydrogen) atoms. The molecule has 1 aliphatic heterocycles. The molecule has 1 aliphatic rings. The first-order valence-electron chi connectivity index (χ1n) is 5.64. The lowest BCUT2D eigenvalue weighted by atomic mass is 10.1. The molecule has 0 radical (unpaired) electrons. The van der Waals surface area contributed by atoms with Crippen LogP contribution in [0.3, 0.4) is 0 Å². The van der Waals surface area contributed by atoms with E-state index in [0.29, 0.717) is 23.3 Å². The lowest BCUT2D eigenvalue weighted by molar-refractivity contribution is 0.467. The normalized spacial score (nSPS) is 17.3. The van der Waals surface area contributed by atoms with Gasteiger partial charge in [0.25, 0.3) is 5.56 Å². The van der Waals surface area contributed by atoms with Crippen molar-refractivity contribution in [2.45, 2.75) is 19.4 Å². The van der Waals surface area contributed by atoms with E-state index in [1.54, 1.807) is 10.6 Å². The lowest BCUT2D eigenvalue weighted by Gasteiger charge is -2.19. The van der Waals surface area contributed by atoms with Crippen LogP contribution in [0.1, 0.15) is 18.7 Å². The van der Waals surface area contributed by atoms with E-state index in [1.165, 1.54) is 0 Å². The number of benzene rings is 1. The van der Waals surface area contributed by atoms with E-state index < -0.39 is 0 Å². The van der Waals surface area contributed by atoms with Crippen LogP contribution in [-0.4, -0.2) is 14.7 Å². The summed E-state index contributed by atoms with van der Waals surface area (Å²) in [5.41, 5.74) is 1.40. The summed E-state index contributed by atoms with van der Waals surface area (Å²) in [6.07, 6.45) is 2.69. The number of aliphatic hydroxyl groups is 1. The quantitative estimate of drug-likeness (QED) is 0.702. The van der Waals surface area contributed by atoms with E-state index in [9.17, 15) is 9.90 Å². The fourth-order valence-corrected chi connectivity index (χ4v) is 2.28. The molecule has 0 spiro atoms. The number of nitrogens with zero attached hydrogens (tertiary/aromatic N) is 2. The van der Waals surface area contributed by atoms with Gasteiger partial charge in [0.15, 0.2) is 0 Å². The highest BCUT2D eigenvalue weighted by atomic mass is 16.2. The number of aliphatic hydroxyl groups excluding tert-OH is 1. The fourth-order valence-electron chi connectivity index (χ4n) is 2.28. The Balaban J connectivity index is 2.42. The van der Waals surface area contributed by atoms with Gasteiger partial charge >= 0.3 is 0 Å². The van der Waals surface area contributed by atoms with Crippen molar-refractivity contribution in [3.05, 3.63) is 46.7 Å². The smallest absolute Gasteiger partial charge is 0.261 e. The molecule has 0 saturated heterocycles. The van der Waals surface area contributed by atoms with E-state index >= 15 is 0 Å². The van der Waals surface area contributed by atoms with Crippen molar-refractivity contribution in [3.63, 3.8) is 0 Å². The Morgan fingerprint density at radius 3 is 3.00 bits per heavy atom. The van der Waals surface area contributed by atoms with Gasteiger partial charge in [0, 0.05) is 12.1 Å². The Labute approximate surface area is 97.8 Å². The minimum absolute atomic E-state index is 0.0235. The third-order valence-electron chi connectivity index (χ3n) is 3.13. The zero-order chi connectivity index (χ0) is 11.8. The van der Waals surface area contributed by atoms with Crippen LogP contribution < -0.4 is 5.56 Å². The number of para-hydroxylation sites is 1. The maximum Gasteiger partial charge on any atom is 0.261 e. The first kappa shape index (κ1) is 10.1. The molecular weight excluding hydrogens is 216 g/mol. The third kappa shape index (κ3) is 1.45. The van der Waals surface area contributed by atoms with Crippen LogP contribution in [0.25, 0.3) is 16.5 Å². The van der Waals surface area contributed by atoms with Gasteiger partial charge in [-0.15, -0.1) is 0 Å². The van der Waals surface area contributed by atoms with Gasteiger partial charge in [-0.05, 0) is 25.0 Å². The summed E-state index contributed by atoms with van der Waals surface area (Å²) in [5.74, 6) is 0.599. The van der Waals surface area contributed by atoms with Gasteiger partial charge in [-0.25, -0.2) is 4.98 Å². The summed E-state index contributed by atoms with van der Waals surface area (Å²) < 4.78 is 1.65. The SMILES string of the molecule is O=c1c2ccccc2nc2n1CCC/C2=C\O. The molecule has 0 fully saturated rings. The van der Waals surface area contributed by atoms with Crippen LogP contribution in [0.2, 0.25) is 0 Å². The summed E-state index contributed by atoms with van der Waals surface area (Å²) in [6, 6.07) is 7.30. The van der Waals surface area contributed by atoms with Gasteiger partial charge in [0.1, 0.15) is 5.82 Å². The van der Waals surface area contributed by atoms with Gasteiger partial charge < -0.3 is 5.11 Å². The van der Waals surface area contributed by atoms with Crippen molar-refractivity contribution < 1.29 is 5.11 Å². The van der Waals surface area contributed by atoms with E-state index in [2.05, 4.69) is 4.98 Å². The molecular formula is C13H12N2O2. The number of rotatable bonds is 0. The average molecular weight is 228 g/mol. The molecule has 2 aromatic rings. The van der Waals surface area contributed by atoms with Gasteiger partial charge in [-0.3, -0.25) is 9.36 Å². The average Bonchev–Trinajstić information content (AvgIpc) is 2.38. The van der Waals surface area contributed by atoms with Crippen LogP contribution in [0.4, 0.5) is 0 Å². The highest BCUT2D eigenvalue weighted by Gasteiger charge is 2.18. The largest absolute Gasteiger partial charge is 0.515 e. The topological polar surface area (TPSA) is 55.1 Å². The van der Waals surface area contributed by atoms with Crippen molar-refractivity contribution in [1.82, 2.24) is 9.55 Å². The molecule has 3 rings (SSSR count). The molecule has 0 bridgehead atoms. The van der Waals surface area contributed by atoms with Crippen LogP contribution in [-0.2, 0) is 6.54 Å². The molecule has 86 valence electrons. The maximum absolute atomic E-state index is 12.2. The molecule has 0 saturated carbocycles. The second-order valence-corrected chi connectivity index (χ2v) is 4.17. The van der Waals surface area contributed by atoms with Crippen molar-refractivity contribution in [2.24, 2.45) is 0 Å². The van der Waals surface area contributed by atoms with Crippen LogP contribution >= 0.6 is 0 Å².